The van der Waals surface area contributed by atoms with Gasteiger partial charge in [0.1, 0.15) is 5.60 Å². The molecule has 1 aromatic carbocycles. The summed E-state index contributed by atoms with van der Waals surface area (Å²) in [6.45, 7) is 8.16. The van der Waals surface area contributed by atoms with Crippen LogP contribution in [0.4, 0.5) is 10.5 Å². The van der Waals surface area contributed by atoms with Gasteiger partial charge in [0.2, 0.25) is 5.91 Å². The Morgan fingerprint density at radius 3 is 1.73 bits per heavy atom. The SMILES string of the molecule is CCCCCCCCCCCCCCCC(=O)Nc1ccc(CNC(=O)OC(C)(C)C)cc1. The molecule has 2 amide bonds. The molecule has 33 heavy (non-hydrogen) atoms. The molecule has 0 unspecified atom stereocenters. The molecule has 0 fully saturated rings. The molecular formula is C28H48N2O3. The quantitative estimate of drug-likeness (QED) is 0.231. The van der Waals surface area contributed by atoms with Crippen LogP contribution in [0.15, 0.2) is 24.3 Å². The fraction of sp³-hybridized carbons (Fsp3) is 0.714. The van der Waals surface area contributed by atoms with E-state index in [-0.39, 0.29) is 5.91 Å². The third-order valence-corrected chi connectivity index (χ3v) is 5.58. The number of carbonyl (C=O) groups is 2. The van der Waals surface area contributed by atoms with Gasteiger partial charge in [-0.3, -0.25) is 4.79 Å². The maximum atomic E-state index is 12.2. The van der Waals surface area contributed by atoms with Crippen molar-refractivity contribution in [3.05, 3.63) is 29.8 Å². The van der Waals surface area contributed by atoms with Gasteiger partial charge < -0.3 is 15.4 Å². The maximum Gasteiger partial charge on any atom is 0.407 e. The van der Waals surface area contributed by atoms with Gasteiger partial charge in [0, 0.05) is 18.7 Å². The van der Waals surface area contributed by atoms with Crippen LogP contribution in [0.3, 0.4) is 0 Å². The van der Waals surface area contributed by atoms with Gasteiger partial charge in [-0.2, -0.15) is 0 Å². The summed E-state index contributed by atoms with van der Waals surface area (Å²) in [5, 5.41) is 5.69. The van der Waals surface area contributed by atoms with E-state index in [0.717, 1.165) is 24.1 Å². The number of hydrogen-bond donors (Lipinski definition) is 2. The first-order chi connectivity index (χ1) is 15.8. The molecule has 0 spiro atoms. The molecule has 0 aromatic heterocycles. The molecule has 0 aliphatic rings. The van der Waals surface area contributed by atoms with E-state index < -0.39 is 11.7 Å². The molecule has 0 aliphatic carbocycles. The number of hydrogen-bond acceptors (Lipinski definition) is 3. The predicted molar refractivity (Wildman–Crippen MR) is 138 cm³/mol. The highest BCUT2D eigenvalue weighted by Gasteiger charge is 2.15. The predicted octanol–water partition coefficient (Wildman–Crippen LogP) is 8.13. The first-order valence-corrected chi connectivity index (χ1v) is 13.2. The number of amides is 2. The van der Waals surface area contributed by atoms with Crippen molar-refractivity contribution >= 4 is 17.7 Å². The van der Waals surface area contributed by atoms with Crippen LogP contribution in [0.5, 0.6) is 0 Å². The van der Waals surface area contributed by atoms with Crippen molar-refractivity contribution in [2.45, 2.75) is 130 Å². The molecule has 2 N–H and O–H groups in total. The van der Waals surface area contributed by atoms with Gasteiger partial charge in [-0.25, -0.2) is 4.79 Å². The average molecular weight is 461 g/mol. The number of unbranched alkanes of at least 4 members (excludes halogenated alkanes) is 12. The average Bonchev–Trinajstić information content (AvgIpc) is 2.75. The van der Waals surface area contributed by atoms with E-state index in [1.807, 2.05) is 45.0 Å². The van der Waals surface area contributed by atoms with Crippen LogP contribution in [0.1, 0.15) is 123 Å². The third-order valence-electron chi connectivity index (χ3n) is 5.58. The van der Waals surface area contributed by atoms with Crippen LogP contribution in [-0.4, -0.2) is 17.6 Å². The highest BCUT2D eigenvalue weighted by Crippen LogP contribution is 2.14. The Hall–Kier alpha value is -2.04. The summed E-state index contributed by atoms with van der Waals surface area (Å²) in [5.41, 5.74) is 1.23. The zero-order valence-electron chi connectivity index (χ0n) is 21.6. The number of nitrogens with one attached hydrogen (secondary N) is 2. The first-order valence-electron chi connectivity index (χ1n) is 13.2. The van der Waals surface area contributed by atoms with E-state index in [2.05, 4.69) is 17.6 Å². The van der Waals surface area contributed by atoms with Gasteiger partial charge in [0.05, 0.1) is 0 Å². The molecule has 5 heteroatoms. The Labute approximate surface area is 202 Å². The molecule has 0 radical (unpaired) electrons. The molecule has 0 aliphatic heterocycles. The van der Waals surface area contributed by atoms with Crippen LogP contribution in [0.2, 0.25) is 0 Å². The number of ether oxygens (including phenoxy) is 1. The Kier molecular flexibility index (Phi) is 15.3. The van der Waals surface area contributed by atoms with Crippen molar-refractivity contribution in [1.82, 2.24) is 5.32 Å². The number of alkyl carbamates (subject to hydrolysis) is 1. The molecular weight excluding hydrogens is 412 g/mol. The van der Waals surface area contributed by atoms with Crippen LogP contribution < -0.4 is 10.6 Å². The highest BCUT2D eigenvalue weighted by atomic mass is 16.6. The second kappa shape index (κ2) is 17.4. The highest BCUT2D eigenvalue weighted by molar-refractivity contribution is 5.90. The minimum absolute atomic E-state index is 0.0673. The molecule has 0 saturated heterocycles. The Bertz CT molecular complexity index is 650. The standard InChI is InChI=1S/C28H48N2O3/c1-5-6-7-8-9-10-11-12-13-14-15-16-17-18-26(31)30-25-21-19-24(20-22-25)23-29-27(32)33-28(2,3)4/h19-22H,5-18,23H2,1-4H3,(H,29,32)(H,30,31). The van der Waals surface area contributed by atoms with E-state index in [1.165, 1.54) is 70.6 Å². The van der Waals surface area contributed by atoms with E-state index >= 15 is 0 Å². The second-order valence-electron chi connectivity index (χ2n) is 10.1. The molecule has 0 atom stereocenters. The monoisotopic (exact) mass is 460 g/mol. The van der Waals surface area contributed by atoms with Crippen molar-refractivity contribution in [2.75, 3.05) is 5.32 Å². The van der Waals surface area contributed by atoms with Crippen molar-refractivity contribution in [2.24, 2.45) is 0 Å². The lowest BCUT2D eigenvalue weighted by atomic mass is 10.0. The smallest absolute Gasteiger partial charge is 0.407 e. The maximum absolute atomic E-state index is 12.2. The van der Waals surface area contributed by atoms with Gasteiger partial charge in [-0.15, -0.1) is 0 Å². The Balaban J connectivity index is 2.04. The molecule has 0 saturated carbocycles. The Morgan fingerprint density at radius 1 is 0.758 bits per heavy atom. The van der Waals surface area contributed by atoms with Gasteiger partial charge in [-0.05, 0) is 44.9 Å². The van der Waals surface area contributed by atoms with Crippen LogP contribution >= 0.6 is 0 Å². The lowest BCUT2D eigenvalue weighted by molar-refractivity contribution is -0.116. The van der Waals surface area contributed by atoms with Crippen molar-refractivity contribution in [3.63, 3.8) is 0 Å². The van der Waals surface area contributed by atoms with E-state index in [1.54, 1.807) is 0 Å². The minimum atomic E-state index is -0.508. The van der Waals surface area contributed by atoms with E-state index in [4.69, 9.17) is 4.74 Å². The lowest BCUT2D eigenvalue weighted by Crippen LogP contribution is -2.32. The molecule has 1 aromatic rings. The number of anilines is 1. The van der Waals surface area contributed by atoms with Crippen LogP contribution in [0, 0.1) is 0 Å². The van der Waals surface area contributed by atoms with Crippen LogP contribution in [0.25, 0.3) is 0 Å². The summed E-state index contributed by atoms with van der Waals surface area (Å²) in [6.07, 6.45) is 17.1. The summed E-state index contributed by atoms with van der Waals surface area (Å²) in [6, 6.07) is 7.54. The molecule has 1 rings (SSSR count). The number of benzene rings is 1. The first kappa shape index (κ1) is 29.0. The Morgan fingerprint density at radius 2 is 1.24 bits per heavy atom. The second-order valence-corrected chi connectivity index (χ2v) is 10.1. The lowest BCUT2D eigenvalue weighted by Gasteiger charge is -2.19. The zero-order chi connectivity index (χ0) is 24.4. The molecule has 188 valence electrons. The van der Waals surface area contributed by atoms with Gasteiger partial charge in [0.15, 0.2) is 0 Å². The van der Waals surface area contributed by atoms with Gasteiger partial charge in [-0.1, -0.05) is 96.1 Å². The van der Waals surface area contributed by atoms with Gasteiger partial charge >= 0.3 is 6.09 Å². The third kappa shape index (κ3) is 17.1. The van der Waals surface area contributed by atoms with Crippen LogP contribution in [-0.2, 0) is 16.1 Å². The minimum Gasteiger partial charge on any atom is -0.444 e. The topological polar surface area (TPSA) is 67.4 Å². The summed E-state index contributed by atoms with van der Waals surface area (Å²) >= 11 is 0. The van der Waals surface area contributed by atoms with E-state index in [0.29, 0.717) is 13.0 Å². The molecule has 0 heterocycles. The number of rotatable bonds is 17. The van der Waals surface area contributed by atoms with Gasteiger partial charge in [0.25, 0.3) is 0 Å². The van der Waals surface area contributed by atoms with Crippen molar-refractivity contribution in [3.8, 4) is 0 Å². The summed E-state index contributed by atoms with van der Waals surface area (Å²) < 4.78 is 5.23. The fourth-order valence-electron chi connectivity index (χ4n) is 3.72. The largest absolute Gasteiger partial charge is 0.444 e. The normalized spacial score (nSPS) is 11.3. The molecule has 5 nitrogen and oxygen atoms in total. The fourth-order valence-corrected chi connectivity index (χ4v) is 3.72. The van der Waals surface area contributed by atoms with E-state index in [9.17, 15) is 9.59 Å². The summed E-state index contributed by atoms with van der Waals surface area (Å²) in [7, 11) is 0. The zero-order valence-corrected chi connectivity index (χ0v) is 21.6. The summed E-state index contributed by atoms with van der Waals surface area (Å²) in [5.74, 6) is 0.0673. The molecule has 0 bridgehead atoms. The van der Waals surface area contributed by atoms with Crippen molar-refractivity contribution < 1.29 is 14.3 Å². The van der Waals surface area contributed by atoms with Crippen molar-refractivity contribution in [1.29, 1.82) is 0 Å². The number of carbonyl (C=O) groups excluding carboxylic acids is 2. The summed E-state index contributed by atoms with van der Waals surface area (Å²) in [4.78, 5) is 23.9.